The van der Waals surface area contributed by atoms with Crippen molar-refractivity contribution in [3.8, 4) is 5.75 Å². The molecule has 4 atom stereocenters. The number of rotatable bonds is 4. The topological polar surface area (TPSA) is 63.7 Å². The van der Waals surface area contributed by atoms with E-state index in [1.54, 1.807) is 24.3 Å². The van der Waals surface area contributed by atoms with E-state index in [-0.39, 0.29) is 23.7 Å². The number of nitrogens with zero attached hydrogens (tertiary/aromatic N) is 1. The summed E-state index contributed by atoms with van der Waals surface area (Å²) in [5.41, 5.74) is 7.24. The van der Waals surface area contributed by atoms with Gasteiger partial charge in [0.05, 0.1) is 17.5 Å². The molecule has 0 radical (unpaired) electrons. The van der Waals surface area contributed by atoms with Gasteiger partial charge in [0.1, 0.15) is 5.75 Å². The van der Waals surface area contributed by atoms with Crippen LogP contribution in [0.3, 0.4) is 0 Å². The number of carbonyl (C=O) groups is 3. The van der Waals surface area contributed by atoms with Gasteiger partial charge in [-0.1, -0.05) is 77.9 Å². The summed E-state index contributed by atoms with van der Waals surface area (Å²) in [4.78, 5) is 40.3. The maximum Gasteiger partial charge on any atom is 0.308 e. The van der Waals surface area contributed by atoms with Crippen LogP contribution in [0.1, 0.15) is 29.2 Å². The molecule has 2 aliphatic carbocycles. The summed E-state index contributed by atoms with van der Waals surface area (Å²) in [7, 11) is 0. The van der Waals surface area contributed by atoms with Crippen LogP contribution in [-0.2, 0) is 14.4 Å². The highest BCUT2D eigenvalue weighted by Crippen LogP contribution is 2.59. The SMILES string of the molecule is CC(=O)Oc1cccc(N2C(=O)[C@@H]3[C@H](C2=O)[C@H]2C=C[C@H]3C2=C(c2ccc(C)cc2)c2ccc(C)cc2)c1. The lowest BCUT2D eigenvalue weighted by Crippen LogP contribution is -2.33. The Morgan fingerprint density at radius 1 is 0.757 bits per heavy atom. The summed E-state index contributed by atoms with van der Waals surface area (Å²) < 4.78 is 5.19. The average Bonchev–Trinajstić information content (AvgIpc) is 3.50. The molecule has 0 aromatic heterocycles. The second-order valence-electron chi connectivity index (χ2n) is 10.2. The first-order valence-corrected chi connectivity index (χ1v) is 12.6. The fraction of sp³-hybridized carbons (Fsp3) is 0.219. The quantitative estimate of drug-likeness (QED) is 0.206. The van der Waals surface area contributed by atoms with Crippen molar-refractivity contribution in [1.29, 1.82) is 0 Å². The molecular weight excluding hydrogens is 462 g/mol. The highest BCUT2D eigenvalue weighted by molar-refractivity contribution is 6.23. The van der Waals surface area contributed by atoms with Gasteiger partial charge in [-0.15, -0.1) is 0 Å². The zero-order valence-electron chi connectivity index (χ0n) is 21.0. The van der Waals surface area contributed by atoms with Gasteiger partial charge in [-0.25, -0.2) is 4.90 Å². The number of ether oxygens (including phenoxy) is 1. The Morgan fingerprint density at radius 2 is 1.27 bits per heavy atom. The zero-order chi connectivity index (χ0) is 25.8. The first-order valence-electron chi connectivity index (χ1n) is 12.6. The van der Waals surface area contributed by atoms with Gasteiger partial charge >= 0.3 is 5.97 Å². The van der Waals surface area contributed by atoms with E-state index in [9.17, 15) is 14.4 Å². The number of fused-ring (bicyclic) bond motifs is 5. The third-order valence-electron chi connectivity index (χ3n) is 7.72. The first-order chi connectivity index (χ1) is 17.8. The number of benzene rings is 3. The van der Waals surface area contributed by atoms with Gasteiger partial charge in [0.15, 0.2) is 0 Å². The lowest BCUT2D eigenvalue weighted by atomic mass is 9.85. The van der Waals surface area contributed by atoms with E-state index in [0.29, 0.717) is 11.4 Å². The molecule has 0 unspecified atom stereocenters. The standard InChI is InChI=1S/C32H27NO4/c1-18-7-11-21(12-8-18)27(22-13-9-19(2)10-14-22)28-25-15-16-26(28)30-29(25)31(35)33(32(30)36)23-5-4-6-24(17-23)37-20(3)34/h4-17,25-26,29-30H,1-3H3/t25-,26-,29-,30+/m0/s1. The predicted octanol–water partition coefficient (Wildman–Crippen LogP) is 5.65. The average molecular weight is 490 g/mol. The summed E-state index contributed by atoms with van der Waals surface area (Å²) >= 11 is 0. The Labute approximate surface area is 216 Å². The molecule has 1 saturated heterocycles. The Kier molecular flexibility index (Phi) is 5.45. The van der Waals surface area contributed by atoms with Gasteiger partial charge in [0, 0.05) is 24.8 Å². The van der Waals surface area contributed by atoms with Crippen molar-refractivity contribution in [1.82, 2.24) is 0 Å². The molecule has 184 valence electrons. The van der Waals surface area contributed by atoms with Crippen LogP contribution >= 0.6 is 0 Å². The number of carbonyl (C=O) groups excluding carboxylic acids is 3. The number of hydrogen-bond donors (Lipinski definition) is 0. The van der Waals surface area contributed by atoms with Crippen molar-refractivity contribution >= 4 is 29.0 Å². The molecule has 3 aliphatic rings. The molecule has 2 amide bonds. The van der Waals surface area contributed by atoms with E-state index in [4.69, 9.17) is 4.74 Å². The van der Waals surface area contributed by atoms with Gasteiger partial charge < -0.3 is 4.74 Å². The summed E-state index contributed by atoms with van der Waals surface area (Å²) in [6.07, 6.45) is 4.21. The molecule has 2 fully saturated rings. The third-order valence-corrected chi connectivity index (χ3v) is 7.72. The van der Waals surface area contributed by atoms with Crippen LogP contribution in [-0.4, -0.2) is 17.8 Å². The van der Waals surface area contributed by atoms with Gasteiger partial charge in [-0.05, 0) is 48.3 Å². The summed E-state index contributed by atoms with van der Waals surface area (Å²) in [5.74, 6) is -1.72. The van der Waals surface area contributed by atoms with Gasteiger partial charge in [0.25, 0.3) is 0 Å². The maximum atomic E-state index is 13.8. The Bertz CT molecular complexity index is 1410. The van der Waals surface area contributed by atoms with Crippen molar-refractivity contribution in [2.75, 3.05) is 4.90 Å². The number of aryl methyl sites for hydroxylation is 2. The lowest BCUT2D eigenvalue weighted by Gasteiger charge is -2.22. The number of amides is 2. The zero-order valence-corrected chi connectivity index (χ0v) is 21.0. The molecule has 3 aromatic rings. The second kappa shape index (κ2) is 8.70. The van der Waals surface area contributed by atoms with Crippen molar-refractivity contribution in [2.24, 2.45) is 23.7 Å². The summed E-state index contributed by atoms with van der Waals surface area (Å²) in [5, 5.41) is 0. The van der Waals surface area contributed by atoms with E-state index in [1.807, 2.05) is 0 Å². The van der Waals surface area contributed by atoms with Crippen LogP contribution in [0.4, 0.5) is 5.69 Å². The van der Waals surface area contributed by atoms with E-state index in [2.05, 4.69) is 74.5 Å². The molecular formula is C32H27NO4. The molecule has 5 nitrogen and oxygen atoms in total. The largest absolute Gasteiger partial charge is 0.427 e. The number of imide groups is 1. The second-order valence-corrected chi connectivity index (χ2v) is 10.2. The van der Waals surface area contributed by atoms with Gasteiger partial charge in [-0.2, -0.15) is 0 Å². The normalized spacial score (nSPS) is 23.5. The molecule has 37 heavy (non-hydrogen) atoms. The monoisotopic (exact) mass is 489 g/mol. The Balaban J connectivity index is 1.44. The van der Waals surface area contributed by atoms with E-state index in [1.165, 1.54) is 23.0 Å². The van der Waals surface area contributed by atoms with Crippen molar-refractivity contribution < 1.29 is 19.1 Å². The molecule has 2 bridgehead atoms. The smallest absolute Gasteiger partial charge is 0.308 e. The highest BCUT2D eigenvalue weighted by atomic mass is 16.5. The molecule has 1 heterocycles. The van der Waals surface area contributed by atoms with E-state index >= 15 is 0 Å². The van der Waals surface area contributed by atoms with Crippen LogP contribution in [0, 0.1) is 37.5 Å². The molecule has 0 spiro atoms. The molecule has 5 heteroatoms. The number of hydrogen-bond acceptors (Lipinski definition) is 4. The van der Waals surface area contributed by atoms with Crippen molar-refractivity contribution in [3.63, 3.8) is 0 Å². The minimum Gasteiger partial charge on any atom is -0.427 e. The van der Waals surface area contributed by atoms with Crippen LogP contribution in [0.2, 0.25) is 0 Å². The third kappa shape index (κ3) is 3.73. The molecule has 0 N–H and O–H groups in total. The van der Waals surface area contributed by atoms with Crippen LogP contribution in [0.25, 0.3) is 5.57 Å². The fourth-order valence-corrected chi connectivity index (χ4v) is 6.14. The van der Waals surface area contributed by atoms with Crippen LogP contribution < -0.4 is 9.64 Å². The van der Waals surface area contributed by atoms with Gasteiger partial charge in [-0.3, -0.25) is 14.4 Å². The first kappa shape index (κ1) is 23.2. The molecule has 1 saturated carbocycles. The van der Waals surface area contributed by atoms with Crippen LogP contribution in [0.5, 0.6) is 5.75 Å². The van der Waals surface area contributed by atoms with Gasteiger partial charge in [0.2, 0.25) is 11.8 Å². The molecule has 1 aliphatic heterocycles. The van der Waals surface area contributed by atoms with E-state index < -0.39 is 17.8 Å². The Hall–Kier alpha value is -4.25. The molecule has 3 aromatic carbocycles. The fourth-order valence-electron chi connectivity index (χ4n) is 6.14. The maximum absolute atomic E-state index is 13.8. The minimum absolute atomic E-state index is 0.147. The lowest BCUT2D eigenvalue weighted by molar-refractivity contribution is -0.132. The number of allylic oxidation sites excluding steroid dienone is 3. The van der Waals surface area contributed by atoms with Crippen molar-refractivity contribution in [3.05, 3.63) is 113 Å². The Morgan fingerprint density at radius 3 is 1.76 bits per heavy atom. The highest BCUT2D eigenvalue weighted by Gasteiger charge is 2.62. The molecule has 6 rings (SSSR count). The van der Waals surface area contributed by atoms with Crippen molar-refractivity contribution in [2.45, 2.75) is 20.8 Å². The number of anilines is 1. The number of esters is 1. The summed E-state index contributed by atoms with van der Waals surface area (Å²) in [6.45, 7) is 5.45. The summed E-state index contributed by atoms with van der Waals surface area (Å²) in [6, 6.07) is 23.5. The van der Waals surface area contributed by atoms with E-state index in [0.717, 1.165) is 22.3 Å². The van der Waals surface area contributed by atoms with Crippen LogP contribution in [0.15, 0.2) is 90.5 Å². The minimum atomic E-state index is -0.454. The predicted molar refractivity (Wildman–Crippen MR) is 142 cm³/mol.